The van der Waals surface area contributed by atoms with E-state index in [2.05, 4.69) is 10.4 Å². The summed E-state index contributed by atoms with van der Waals surface area (Å²) in [6.45, 7) is 2.40. The zero-order chi connectivity index (χ0) is 13.1. The molecule has 94 valence electrons. The van der Waals surface area contributed by atoms with Crippen LogP contribution < -0.4 is 11.1 Å². The molecule has 1 heterocycles. The van der Waals surface area contributed by atoms with Gasteiger partial charge in [-0.3, -0.25) is 9.48 Å². The fourth-order valence-corrected chi connectivity index (χ4v) is 1.66. The number of hydrogen-bond acceptors (Lipinski definition) is 3. The third kappa shape index (κ3) is 2.57. The van der Waals surface area contributed by atoms with Crippen molar-refractivity contribution in [2.45, 2.75) is 13.5 Å². The highest BCUT2D eigenvalue weighted by Crippen LogP contribution is 2.17. The van der Waals surface area contributed by atoms with Gasteiger partial charge >= 0.3 is 0 Å². The molecule has 5 heteroatoms. The molecule has 0 saturated carbocycles. The SMILES string of the molecule is Cc1ccc(CN)cc1NC(=O)c1cnn(C)c1. The highest BCUT2D eigenvalue weighted by Gasteiger charge is 2.09. The van der Waals surface area contributed by atoms with Gasteiger partial charge in [0.15, 0.2) is 0 Å². The Hall–Kier alpha value is -2.14. The second-order valence-electron chi connectivity index (χ2n) is 4.21. The molecule has 2 rings (SSSR count). The van der Waals surface area contributed by atoms with Gasteiger partial charge in [-0.1, -0.05) is 12.1 Å². The first kappa shape index (κ1) is 12.3. The van der Waals surface area contributed by atoms with E-state index >= 15 is 0 Å². The molecule has 0 fully saturated rings. The number of carbonyl (C=O) groups excluding carboxylic acids is 1. The van der Waals surface area contributed by atoms with Gasteiger partial charge in [0.2, 0.25) is 0 Å². The molecule has 1 aromatic carbocycles. The summed E-state index contributed by atoms with van der Waals surface area (Å²) in [7, 11) is 1.77. The zero-order valence-corrected chi connectivity index (χ0v) is 10.5. The van der Waals surface area contributed by atoms with Gasteiger partial charge in [0.05, 0.1) is 11.8 Å². The van der Waals surface area contributed by atoms with Gasteiger partial charge in [-0.2, -0.15) is 5.10 Å². The summed E-state index contributed by atoms with van der Waals surface area (Å²) < 4.78 is 1.60. The van der Waals surface area contributed by atoms with Gasteiger partial charge in [0.25, 0.3) is 5.91 Å². The van der Waals surface area contributed by atoms with E-state index in [4.69, 9.17) is 5.73 Å². The van der Waals surface area contributed by atoms with Crippen molar-refractivity contribution in [1.29, 1.82) is 0 Å². The van der Waals surface area contributed by atoms with Gasteiger partial charge < -0.3 is 11.1 Å². The summed E-state index contributed by atoms with van der Waals surface area (Å²) in [5.41, 5.74) is 8.90. The Morgan fingerprint density at radius 2 is 2.28 bits per heavy atom. The number of amides is 1. The fourth-order valence-electron chi connectivity index (χ4n) is 1.66. The van der Waals surface area contributed by atoms with Crippen LogP contribution in [0.15, 0.2) is 30.6 Å². The lowest BCUT2D eigenvalue weighted by Crippen LogP contribution is -2.12. The minimum atomic E-state index is -0.166. The van der Waals surface area contributed by atoms with Crippen LogP contribution in [0.1, 0.15) is 21.5 Å². The Balaban J connectivity index is 2.21. The molecule has 0 unspecified atom stereocenters. The number of hydrogen-bond donors (Lipinski definition) is 2. The van der Waals surface area contributed by atoms with Crippen LogP contribution in [0, 0.1) is 6.92 Å². The number of nitrogens with two attached hydrogens (primary N) is 1. The number of aromatic nitrogens is 2. The van der Waals surface area contributed by atoms with Crippen LogP contribution in [0.2, 0.25) is 0 Å². The summed E-state index contributed by atoms with van der Waals surface area (Å²) in [5.74, 6) is -0.166. The van der Waals surface area contributed by atoms with Crippen LogP contribution in [0.5, 0.6) is 0 Å². The minimum Gasteiger partial charge on any atom is -0.326 e. The van der Waals surface area contributed by atoms with Crippen molar-refractivity contribution in [3.8, 4) is 0 Å². The standard InChI is InChI=1S/C13H16N4O/c1-9-3-4-10(6-14)5-12(9)16-13(18)11-7-15-17(2)8-11/h3-5,7-8H,6,14H2,1-2H3,(H,16,18). The summed E-state index contributed by atoms with van der Waals surface area (Å²) in [5, 5.41) is 6.84. The molecular weight excluding hydrogens is 228 g/mol. The normalized spacial score (nSPS) is 10.4. The first-order valence-electron chi connectivity index (χ1n) is 5.69. The van der Waals surface area contributed by atoms with Gasteiger partial charge in [-0.05, 0) is 24.1 Å². The first-order valence-corrected chi connectivity index (χ1v) is 5.69. The van der Waals surface area contributed by atoms with E-state index < -0.39 is 0 Å². The molecular formula is C13H16N4O. The molecule has 0 aliphatic heterocycles. The number of carbonyl (C=O) groups is 1. The predicted octanol–water partition coefficient (Wildman–Crippen LogP) is 1.44. The van der Waals surface area contributed by atoms with Crippen LogP contribution in [0.4, 0.5) is 5.69 Å². The molecule has 2 aromatic rings. The summed E-state index contributed by atoms with van der Waals surface area (Å²) >= 11 is 0. The van der Waals surface area contributed by atoms with Gasteiger partial charge in [-0.25, -0.2) is 0 Å². The van der Waals surface area contributed by atoms with Crippen molar-refractivity contribution in [3.05, 3.63) is 47.3 Å². The highest BCUT2D eigenvalue weighted by molar-refractivity contribution is 6.04. The average molecular weight is 244 g/mol. The second kappa shape index (κ2) is 5.01. The Kier molecular flexibility index (Phi) is 3.43. The van der Waals surface area contributed by atoms with Crippen LogP contribution in [0.25, 0.3) is 0 Å². The quantitative estimate of drug-likeness (QED) is 0.858. The average Bonchev–Trinajstić information content (AvgIpc) is 2.79. The van der Waals surface area contributed by atoms with Crippen LogP contribution in [-0.4, -0.2) is 15.7 Å². The topological polar surface area (TPSA) is 72.9 Å². The molecule has 1 amide bonds. The second-order valence-corrected chi connectivity index (χ2v) is 4.21. The lowest BCUT2D eigenvalue weighted by atomic mass is 10.1. The largest absolute Gasteiger partial charge is 0.326 e. The predicted molar refractivity (Wildman–Crippen MR) is 70.2 cm³/mol. The van der Waals surface area contributed by atoms with Crippen LogP contribution in [0.3, 0.4) is 0 Å². The molecule has 0 atom stereocenters. The number of rotatable bonds is 3. The fraction of sp³-hybridized carbons (Fsp3) is 0.231. The molecule has 18 heavy (non-hydrogen) atoms. The molecule has 1 aromatic heterocycles. The molecule has 0 radical (unpaired) electrons. The molecule has 0 spiro atoms. The molecule has 0 aliphatic rings. The summed E-state index contributed by atoms with van der Waals surface area (Å²) in [4.78, 5) is 12.0. The van der Waals surface area contributed by atoms with Crippen molar-refractivity contribution < 1.29 is 4.79 Å². The van der Waals surface area contributed by atoms with Crippen molar-refractivity contribution in [3.63, 3.8) is 0 Å². The lowest BCUT2D eigenvalue weighted by molar-refractivity contribution is 0.102. The molecule has 0 aliphatic carbocycles. The third-order valence-electron chi connectivity index (χ3n) is 2.75. The number of anilines is 1. The molecule has 0 saturated heterocycles. The van der Waals surface area contributed by atoms with Crippen molar-refractivity contribution in [2.24, 2.45) is 12.8 Å². The zero-order valence-electron chi connectivity index (χ0n) is 10.5. The van der Waals surface area contributed by atoms with Gasteiger partial charge in [0, 0.05) is 25.5 Å². The summed E-state index contributed by atoms with van der Waals surface area (Å²) in [6.07, 6.45) is 3.22. The van der Waals surface area contributed by atoms with Crippen LogP contribution >= 0.6 is 0 Å². The maximum atomic E-state index is 12.0. The van der Waals surface area contributed by atoms with Gasteiger partial charge in [0.1, 0.15) is 0 Å². The molecule has 5 nitrogen and oxygen atoms in total. The number of nitrogens with one attached hydrogen (secondary N) is 1. The van der Waals surface area contributed by atoms with Gasteiger partial charge in [-0.15, -0.1) is 0 Å². The maximum Gasteiger partial charge on any atom is 0.258 e. The smallest absolute Gasteiger partial charge is 0.258 e. The van der Waals surface area contributed by atoms with Crippen LogP contribution in [-0.2, 0) is 13.6 Å². The van der Waals surface area contributed by atoms with Crippen molar-refractivity contribution in [1.82, 2.24) is 9.78 Å². The Labute approximate surface area is 106 Å². The lowest BCUT2D eigenvalue weighted by Gasteiger charge is -2.09. The first-order chi connectivity index (χ1) is 8.60. The third-order valence-corrected chi connectivity index (χ3v) is 2.75. The van der Waals surface area contributed by atoms with E-state index in [-0.39, 0.29) is 5.91 Å². The van der Waals surface area contributed by atoms with E-state index in [1.807, 2.05) is 25.1 Å². The molecule has 3 N–H and O–H groups in total. The minimum absolute atomic E-state index is 0.166. The Morgan fingerprint density at radius 1 is 1.50 bits per heavy atom. The van der Waals surface area contributed by atoms with E-state index in [0.717, 1.165) is 16.8 Å². The Morgan fingerprint density at radius 3 is 2.89 bits per heavy atom. The molecule has 0 bridgehead atoms. The number of nitrogens with zero attached hydrogens (tertiary/aromatic N) is 2. The van der Waals surface area contributed by atoms with E-state index in [1.165, 1.54) is 6.20 Å². The maximum absolute atomic E-state index is 12.0. The number of benzene rings is 1. The van der Waals surface area contributed by atoms with Crippen molar-refractivity contribution >= 4 is 11.6 Å². The monoisotopic (exact) mass is 244 g/mol. The van der Waals surface area contributed by atoms with E-state index in [9.17, 15) is 4.79 Å². The van der Waals surface area contributed by atoms with Crippen molar-refractivity contribution in [2.75, 3.05) is 5.32 Å². The highest BCUT2D eigenvalue weighted by atomic mass is 16.1. The Bertz CT molecular complexity index is 574. The van der Waals surface area contributed by atoms with E-state index in [0.29, 0.717) is 12.1 Å². The van der Waals surface area contributed by atoms with E-state index in [1.54, 1.807) is 17.9 Å². The number of aryl methyl sites for hydroxylation is 2. The summed E-state index contributed by atoms with van der Waals surface area (Å²) in [6, 6.07) is 5.79.